The van der Waals surface area contributed by atoms with Crippen LogP contribution in [0.4, 0.5) is 11.4 Å². The SMILES string of the molecule is CC(C)(C)c1ccc(N(C(=O)[C@H]2CCCN2C#N)C(C(=O)Nc2ccc3c(c2)OCCC3)c2cccnc2)cc1. The maximum absolute atomic E-state index is 14.3. The second-order valence-corrected chi connectivity index (χ2v) is 11.4. The van der Waals surface area contributed by atoms with Crippen molar-refractivity contribution in [3.63, 3.8) is 0 Å². The Bertz CT molecular complexity index is 1410. The zero-order chi connectivity index (χ0) is 28.3. The first-order valence-electron chi connectivity index (χ1n) is 13.8. The Labute approximate surface area is 235 Å². The number of likely N-dealkylation sites (tertiary alicyclic amines) is 1. The molecule has 3 aromatic rings. The number of nitriles is 1. The van der Waals surface area contributed by atoms with Gasteiger partial charge >= 0.3 is 0 Å². The fourth-order valence-corrected chi connectivity index (χ4v) is 5.41. The van der Waals surface area contributed by atoms with Crippen molar-refractivity contribution in [3.05, 3.63) is 83.7 Å². The summed E-state index contributed by atoms with van der Waals surface area (Å²) in [7, 11) is 0. The van der Waals surface area contributed by atoms with Gasteiger partial charge in [-0.25, -0.2) is 0 Å². The second kappa shape index (κ2) is 11.4. The van der Waals surface area contributed by atoms with Crippen LogP contribution >= 0.6 is 0 Å². The van der Waals surface area contributed by atoms with Gasteiger partial charge in [-0.3, -0.25) is 24.4 Å². The molecule has 2 aromatic carbocycles. The van der Waals surface area contributed by atoms with E-state index in [1.807, 2.05) is 42.5 Å². The van der Waals surface area contributed by atoms with Crippen molar-refractivity contribution in [2.45, 2.75) is 64.0 Å². The second-order valence-electron chi connectivity index (χ2n) is 11.4. The molecule has 1 unspecified atom stereocenters. The maximum Gasteiger partial charge on any atom is 0.252 e. The minimum absolute atomic E-state index is 0.0783. The van der Waals surface area contributed by atoms with Crippen molar-refractivity contribution in [2.24, 2.45) is 0 Å². The van der Waals surface area contributed by atoms with Crippen molar-refractivity contribution >= 4 is 23.2 Å². The lowest BCUT2D eigenvalue weighted by Gasteiger charge is -2.34. The van der Waals surface area contributed by atoms with Crippen LogP contribution in [0.3, 0.4) is 0 Å². The van der Waals surface area contributed by atoms with Gasteiger partial charge in [0.05, 0.1) is 6.61 Å². The van der Waals surface area contributed by atoms with Gasteiger partial charge in [-0.2, -0.15) is 5.26 Å². The highest BCUT2D eigenvalue weighted by Crippen LogP contribution is 2.34. The van der Waals surface area contributed by atoms with Crippen molar-refractivity contribution < 1.29 is 14.3 Å². The van der Waals surface area contributed by atoms with Crippen molar-refractivity contribution in [2.75, 3.05) is 23.4 Å². The van der Waals surface area contributed by atoms with E-state index in [9.17, 15) is 14.9 Å². The molecule has 1 aromatic heterocycles. The molecule has 0 radical (unpaired) electrons. The molecule has 1 saturated heterocycles. The molecule has 8 nitrogen and oxygen atoms in total. The molecule has 1 N–H and O–H groups in total. The topological polar surface area (TPSA) is 98.6 Å². The van der Waals surface area contributed by atoms with Gasteiger partial charge < -0.3 is 10.1 Å². The molecule has 5 rings (SSSR count). The number of anilines is 2. The molecule has 2 aliphatic heterocycles. The highest BCUT2D eigenvalue weighted by Gasteiger charge is 2.40. The Balaban J connectivity index is 1.57. The summed E-state index contributed by atoms with van der Waals surface area (Å²) in [4.78, 5) is 35.7. The molecule has 2 atom stereocenters. The smallest absolute Gasteiger partial charge is 0.252 e. The molecule has 40 heavy (non-hydrogen) atoms. The molecule has 0 spiro atoms. The van der Waals surface area contributed by atoms with Gasteiger partial charge in [-0.1, -0.05) is 45.0 Å². The number of aromatic nitrogens is 1. The minimum atomic E-state index is -1.01. The van der Waals surface area contributed by atoms with E-state index >= 15 is 0 Å². The van der Waals surface area contributed by atoms with E-state index in [-0.39, 0.29) is 17.2 Å². The summed E-state index contributed by atoms with van der Waals surface area (Å²) in [6, 6.07) is 15.3. The van der Waals surface area contributed by atoms with E-state index in [0.29, 0.717) is 36.5 Å². The number of nitrogens with zero attached hydrogens (tertiary/aromatic N) is 4. The fourth-order valence-electron chi connectivity index (χ4n) is 5.41. The third kappa shape index (κ3) is 5.64. The van der Waals surface area contributed by atoms with Crippen molar-refractivity contribution in [1.82, 2.24) is 9.88 Å². The summed E-state index contributed by atoms with van der Waals surface area (Å²) in [6.45, 7) is 7.54. The normalized spacial score (nSPS) is 17.2. The van der Waals surface area contributed by atoms with E-state index in [0.717, 1.165) is 36.1 Å². The third-order valence-corrected chi connectivity index (χ3v) is 7.60. The first kappa shape index (κ1) is 27.2. The lowest BCUT2D eigenvalue weighted by Crippen LogP contribution is -2.49. The van der Waals surface area contributed by atoms with Crippen LogP contribution in [0.1, 0.15) is 62.8 Å². The van der Waals surface area contributed by atoms with Crippen LogP contribution in [0.2, 0.25) is 0 Å². The molecule has 206 valence electrons. The van der Waals surface area contributed by atoms with Gasteiger partial charge in [0.15, 0.2) is 6.19 Å². The van der Waals surface area contributed by atoms with Gasteiger partial charge in [0, 0.05) is 41.9 Å². The number of carbonyl (C=O) groups excluding carboxylic acids is 2. The highest BCUT2D eigenvalue weighted by atomic mass is 16.5. The lowest BCUT2D eigenvalue weighted by atomic mass is 9.87. The molecule has 2 aliphatic rings. The number of aryl methyl sites for hydroxylation is 1. The van der Waals surface area contributed by atoms with Crippen LogP contribution in [0.15, 0.2) is 67.0 Å². The number of benzene rings is 2. The lowest BCUT2D eigenvalue weighted by molar-refractivity contribution is -0.126. The Kier molecular flexibility index (Phi) is 7.74. The van der Waals surface area contributed by atoms with Crippen LogP contribution in [0, 0.1) is 11.5 Å². The predicted molar refractivity (Wildman–Crippen MR) is 154 cm³/mol. The van der Waals surface area contributed by atoms with Gasteiger partial charge in [0.1, 0.15) is 17.8 Å². The standard InChI is InChI=1S/C32H35N5O3/c1-32(2,3)24-11-14-26(15-12-24)37(31(39)27-9-5-17-36(27)21-33)29(23-7-4-16-34-20-23)30(38)35-25-13-10-22-8-6-18-40-28(22)19-25/h4,7,10-16,19-20,27,29H,5-6,8-9,17-18H2,1-3H3,(H,35,38)/t27-,29?/m1/s1. The van der Waals surface area contributed by atoms with Gasteiger partial charge in [0.2, 0.25) is 0 Å². The molecule has 0 bridgehead atoms. The van der Waals surface area contributed by atoms with E-state index in [2.05, 4.69) is 37.3 Å². The number of hydrogen-bond donors (Lipinski definition) is 1. The monoisotopic (exact) mass is 537 g/mol. The number of rotatable bonds is 6. The van der Waals surface area contributed by atoms with Crippen LogP contribution < -0.4 is 15.0 Å². The van der Waals surface area contributed by atoms with E-state index < -0.39 is 12.1 Å². The Morgan fingerprint density at radius 1 is 1.15 bits per heavy atom. The average Bonchev–Trinajstić information content (AvgIpc) is 3.45. The molecular weight excluding hydrogens is 502 g/mol. The number of hydrogen-bond acceptors (Lipinski definition) is 6. The van der Waals surface area contributed by atoms with Crippen LogP contribution in [0.25, 0.3) is 0 Å². The van der Waals surface area contributed by atoms with Gasteiger partial charge in [-0.05, 0) is 66.5 Å². The zero-order valence-corrected chi connectivity index (χ0v) is 23.3. The van der Waals surface area contributed by atoms with Gasteiger partial charge in [-0.15, -0.1) is 0 Å². The molecule has 3 heterocycles. The summed E-state index contributed by atoms with van der Waals surface area (Å²) >= 11 is 0. The van der Waals surface area contributed by atoms with Crippen molar-refractivity contribution in [1.29, 1.82) is 5.26 Å². The predicted octanol–water partition coefficient (Wildman–Crippen LogP) is 5.36. The third-order valence-electron chi connectivity index (χ3n) is 7.60. The molecule has 1 fully saturated rings. The number of nitrogens with one attached hydrogen (secondary N) is 1. The molecule has 0 aliphatic carbocycles. The molecule has 2 amide bonds. The van der Waals surface area contributed by atoms with Crippen LogP contribution in [-0.2, 0) is 21.4 Å². The summed E-state index contributed by atoms with van der Waals surface area (Å²) in [5.74, 6) is 0.0992. The number of carbonyl (C=O) groups is 2. The largest absolute Gasteiger partial charge is 0.493 e. The highest BCUT2D eigenvalue weighted by molar-refractivity contribution is 6.07. The van der Waals surface area contributed by atoms with E-state index in [1.165, 1.54) is 9.80 Å². The van der Waals surface area contributed by atoms with Crippen LogP contribution in [-0.4, -0.2) is 40.9 Å². The summed E-state index contributed by atoms with van der Waals surface area (Å²) in [6.07, 6.45) is 8.60. The number of fused-ring (bicyclic) bond motifs is 1. The Morgan fingerprint density at radius 2 is 1.95 bits per heavy atom. The molecule has 8 heteroatoms. The van der Waals surface area contributed by atoms with Crippen molar-refractivity contribution in [3.8, 4) is 11.9 Å². The Morgan fingerprint density at radius 3 is 2.65 bits per heavy atom. The van der Waals surface area contributed by atoms with E-state index in [1.54, 1.807) is 24.5 Å². The first-order valence-corrected chi connectivity index (χ1v) is 13.8. The minimum Gasteiger partial charge on any atom is -0.493 e. The zero-order valence-electron chi connectivity index (χ0n) is 23.3. The number of pyridine rings is 1. The molecular formula is C32H35N5O3. The summed E-state index contributed by atoms with van der Waals surface area (Å²) in [5.41, 5.74) is 3.89. The number of ether oxygens (including phenoxy) is 1. The fraction of sp³-hybridized carbons (Fsp3) is 0.375. The Hall–Kier alpha value is -4.38. The van der Waals surface area contributed by atoms with Crippen LogP contribution in [0.5, 0.6) is 5.75 Å². The summed E-state index contributed by atoms with van der Waals surface area (Å²) in [5, 5.41) is 12.8. The maximum atomic E-state index is 14.3. The number of amides is 2. The average molecular weight is 538 g/mol. The first-order chi connectivity index (χ1) is 19.3. The summed E-state index contributed by atoms with van der Waals surface area (Å²) < 4.78 is 5.81. The van der Waals surface area contributed by atoms with E-state index in [4.69, 9.17) is 4.74 Å². The molecule has 0 saturated carbocycles. The quantitative estimate of drug-likeness (QED) is 0.425. The van der Waals surface area contributed by atoms with Gasteiger partial charge in [0.25, 0.3) is 11.8 Å².